The molecule has 0 aliphatic carbocycles. The molecule has 0 unspecified atom stereocenters. The lowest BCUT2D eigenvalue weighted by Gasteiger charge is -2.33. The van der Waals surface area contributed by atoms with Crippen molar-refractivity contribution >= 4 is 11.8 Å². The zero-order valence-corrected chi connectivity index (χ0v) is 7.54. The number of amides is 2. The number of hydrogen-bond donors (Lipinski definition) is 2. The Morgan fingerprint density at radius 3 is 2.60 bits per heavy atom. The van der Waals surface area contributed by atoms with Crippen LogP contribution in [0.2, 0.25) is 0 Å². The predicted molar refractivity (Wildman–Crippen MR) is 41.7 cm³/mol. The molecule has 0 aromatic carbocycles. The Labute approximate surface area is 82.7 Å². The van der Waals surface area contributed by atoms with Gasteiger partial charge in [0.15, 0.2) is 0 Å². The number of piperazine rings is 1. The zero-order valence-electron chi connectivity index (χ0n) is 7.54. The van der Waals surface area contributed by atoms with E-state index in [0.717, 1.165) is 0 Å². The molecule has 1 heterocycles. The minimum atomic E-state index is -5.08. The predicted octanol–water partition coefficient (Wildman–Crippen LogP) is -1.40. The molecule has 0 aromatic heterocycles. The van der Waals surface area contributed by atoms with E-state index in [0.29, 0.717) is 5.01 Å². The summed E-state index contributed by atoms with van der Waals surface area (Å²) < 4.78 is 35.9. The first-order valence-electron chi connectivity index (χ1n) is 4.01. The van der Waals surface area contributed by atoms with Crippen molar-refractivity contribution in [3.63, 3.8) is 0 Å². The second kappa shape index (κ2) is 4.03. The Morgan fingerprint density at radius 2 is 2.13 bits per heavy atom. The van der Waals surface area contributed by atoms with Crippen LogP contribution < -0.4 is 11.2 Å². The average Bonchev–Trinajstić information content (AvgIpc) is 2.15. The highest BCUT2D eigenvalue weighted by Gasteiger charge is 2.44. The van der Waals surface area contributed by atoms with E-state index >= 15 is 0 Å². The van der Waals surface area contributed by atoms with Gasteiger partial charge in [-0.15, -0.1) is 0 Å². The highest BCUT2D eigenvalue weighted by molar-refractivity contribution is 5.86. The normalized spacial score (nSPS) is 17.9. The highest BCUT2D eigenvalue weighted by atomic mass is 19.4. The van der Waals surface area contributed by atoms with Crippen molar-refractivity contribution in [1.29, 1.82) is 0 Å². The van der Waals surface area contributed by atoms with Gasteiger partial charge in [-0.3, -0.25) is 9.59 Å². The standard InChI is InChI=1S/C6H9F3N4O2/c7-6(8,9)5(15)13(10)12-2-1-11-3-4(12)14/h11H,1-3,10H2. The van der Waals surface area contributed by atoms with Crippen LogP contribution in [0.1, 0.15) is 0 Å². The summed E-state index contributed by atoms with van der Waals surface area (Å²) in [6.07, 6.45) is -5.08. The molecule has 0 bridgehead atoms. The van der Waals surface area contributed by atoms with Crippen LogP contribution in [-0.2, 0) is 9.59 Å². The quantitative estimate of drug-likeness (QED) is 0.327. The number of nitrogens with zero attached hydrogens (tertiary/aromatic N) is 2. The molecule has 0 aromatic rings. The summed E-state index contributed by atoms with van der Waals surface area (Å²) in [5.41, 5.74) is 0. The molecule has 6 nitrogen and oxygen atoms in total. The lowest BCUT2D eigenvalue weighted by molar-refractivity contribution is -0.205. The van der Waals surface area contributed by atoms with Crippen LogP contribution >= 0.6 is 0 Å². The second-order valence-electron chi connectivity index (χ2n) is 2.84. The number of hydrogen-bond acceptors (Lipinski definition) is 4. The van der Waals surface area contributed by atoms with Crippen LogP contribution in [0.3, 0.4) is 0 Å². The monoisotopic (exact) mass is 226 g/mol. The van der Waals surface area contributed by atoms with Crippen molar-refractivity contribution in [2.75, 3.05) is 19.6 Å². The minimum Gasteiger partial charge on any atom is -0.306 e. The fourth-order valence-corrected chi connectivity index (χ4v) is 1.06. The third-order valence-corrected chi connectivity index (χ3v) is 1.78. The van der Waals surface area contributed by atoms with Crippen LogP contribution in [0.4, 0.5) is 13.2 Å². The number of halogens is 3. The highest BCUT2D eigenvalue weighted by Crippen LogP contribution is 2.17. The number of alkyl halides is 3. The van der Waals surface area contributed by atoms with Gasteiger partial charge >= 0.3 is 12.1 Å². The van der Waals surface area contributed by atoms with Crippen molar-refractivity contribution in [3.05, 3.63) is 0 Å². The summed E-state index contributed by atoms with van der Waals surface area (Å²) in [5.74, 6) is 1.96. The van der Waals surface area contributed by atoms with E-state index in [-0.39, 0.29) is 24.8 Å². The van der Waals surface area contributed by atoms with Crippen LogP contribution in [0, 0.1) is 0 Å². The van der Waals surface area contributed by atoms with Gasteiger partial charge in [0.2, 0.25) is 0 Å². The van der Waals surface area contributed by atoms with Gasteiger partial charge in [0.25, 0.3) is 5.91 Å². The molecule has 1 aliphatic rings. The maximum atomic E-state index is 12.0. The van der Waals surface area contributed by atoms with Gasteiger partial charge in [0, 0.05) is 6.54 Å². The summed E-state index contributed by atoms with van der Waals surface area (Å²) in [7, 11) is 0. The molecule has 0 radical (unpaired) electrons. The van der Waals surface area contributed by atoms with Gasteiger partial charge in [-0.2, -0.15) is 18.3 Å². The summed E-state index contributed by atoms with van der Waals surface area (Å²) in [6, 6.07) is 0. The van der Waals surface area contributed by atoms with Gasteiger partial charge in [0.05, 0.1) is 13.1 Å². The first-order chi connectivity index (χ1) is 6.84. The second-order valence-corrected chi connectivity index (χ2v) is 2.84. The number of hydrazine groups is 2. The van der Waals surface area contributed by atoms with Crippen molar-refractivity contribution < 1.29 is 22.8 Å². The summed E-state index contributed by atoms with van der Waals surface area (Å²) in [5, 5.41) is 3.00. The number of rotatable bonds is 1. The Morgan fingerprint density at radius 1 is 1.53 bits per heavy atom. The van der Waals surface area contributed by atoms with E-state index in [1.807, 2.05) is 0 Å². The fraction of sp³-hybridized carbons (Fsp3) is 0.667. The largest absolute Gasteiger partial charge is 0.474 e. The fourth-order valence-electron chi connectivity index (χ4n) is 1.06. The van der Waals surface area contributed by atoms with E-state index in [4.69, 9.17) is 5.84 Å². The summed E-state index contributed by atoms with van der Waals surface area (Å²) >= 11 is 0. The molecule has 86 valence electrons. The maximum Gasteiger partial charge on any atom is 0.474 e. The molecular formula is C6H9F3N4O2. The summed E-state index contributed by atoms with van der Waals surface area (Å²) in [4.78, 5) is 21.8. The first kappa shape index (κ1) is 11.7. The maximum absolute atomic E-state index is 12.0. The third-order valence-electron chi connectivity index (χ3n) is 1.78. The Balaban J connectivity index is 2.70. The zero-order chi connectivity index (χ0) is 11.6. The van der Waals surface area contributed by atoms with E-state index in [1.165, 1.54) is 0 Å². The van der Waals surface area contributed by atoms with Crippen LogP contribution in [0.5, 0.6) is 0 Å². The molecule has 1 aliphatic heterocycles. The van der Waals surface area contributed by atoms with Gasteiger partial charge in [-0.25, -0.2) is 10.9 Å². The topological polar surface area (TPSA) is 78.7 Å². The van der Waals surface area contributed by atoms with Crippen LogP contribution in [0.25, 0.3) is 0 Å². The molecule has 1 saturated heterocycles. The van der Waals surface area contributed by atoms with E-state index in [1.54, 1.807) is 0 Å². The molecule has 2 amide bonds. The number of carbonyl (C=O) groups excluding carboxylic acids is 2. The van der Waals surface area contributed by atoms with E-state index in [2.05, 4.69) is 5.32 Å². The van der Waals surface area contributed by atoms with Crippen molar-refractivity contribution in [3.8, 4) is 0 Å². The van der Waals surface area contributed by atoms with Gasteiger partial charge < -0.3 is 5.32 Å². The molecule has 1 fully saturated rings. The Kier molecular flexibility index (Phi) is 3.15. The van der Waals surface area contributed by atoms with E-state index in [9.17, 15) is 22.8 Å². The third kappa shape index (κ3) is 2.57. The van der Waals surface area contributed by atoms with Crippen LogP contribution in [0.15, 0.2) is 0 Å². The smallest absolute Gasteiger partial charge is 0.306 e. The minimum absolute atomic E-state index is 0.0723. The van der Waals surface area contributed by atoms with E-state index < -0.39 is 18.0 Å². The molecular weight excluding hydrogens is 217 g/mol. The molecule has 0 saturated carbocycles. The Hall–Kier alpha value is -1.35. The Bertz CT molecular complexity index is 280. The molecule has 15 heavy (non-hydrogen) atoms. The molecule has 9 heteroatoms. The average molecular weight is 226 g/mol. The van der Waals surface area contributed by atoms with Gasteiger partial charge in [-0.1, -0.05) is 0 Å². The molecule has 0 spiro atoms. The van der Waals surface area contributed by atoms with Crippen LogP contribution in [-0.4, -0.2) is 47.8 Å². The number of carbonyl (C=O) groups is 2. The van der Waals surface area contributed by atoms with Gasteiger partial charge in [0.1, 0.15) is 0 Å². The van der Waals surface area contributed by atoms with Crippen molar-refractivity contribution in [2.45, 2.75) is 6.18 Å². The molecule has 0 atom stereocenters. The number of nitrogens with one attached hydrogen (secondary N) is 1. The van der Waals surface area contributed by atoms with Crippen molar-refractivity contribution in [1.82, 2.24) is 15.4 Å². The number of nitrogens with two attached hydrogens (primary N) is 1. The lowest BCUT2D eigenvalue weighted by Crippen LogP contribution is -2.62. The first-order valence-corrected chi connectivity index (χ1v) is 4.01. The van der Waals surface area contributed by atoms with Gasteiger partial charge in [-0.05, 0) is 0 Å². The SMILES string of the molecule is NN(C(=O)C(F)(F)F)N1CCNCC1=O. The lowest BCUT2D eigenvalue weighted by atomic mass is 10.4. The summed E-state index contributed by atoms with van der Waals surface area (Å²) in [6.45, 7) is 0.0700. The molecule has 3 N–H and O–H groups in total. The van der Waals surface area contributed by atoms with Crippen molar-refractivity contribution in [2.24, 2.45) is 5.84 Å². The molecule has 1 rings (SSSR count).